The first-order valence-corrected chi connectivity index (χ1v) is 47.4. The molecule has 1 saturated carbocycles. The van der Waals surface area contributed by atoms with E-state index < -0.39 is 31.8 Å². The summed E-state index contributed by atoms with van der Waals surface area (Å²) in [6, 6.07) is 68.7. The fraction of sp³-hybridized carbons (Fsp3) is 0.126. The highest BCUT2D eigenvalue weighted by atomic mass is 32.2. The topological polar surface area (TPSA) is 609 Å². The molecule has 0 bridgehead atoms. The monoisotopic (exact) mass is 1990 g/mol. The van der Waals surface area contributed by atoms with Crippen LogP contribution in [0.2, 0.25) is 0 Å². The molecule has 0 spiro atoms. The highest BCUT2D eigenvalue weighted by molar-refractivity contribution is 7.92. The van der Waals surface area contributed by atoms with Crippen molar-refractivity contribution >= 4 is 158 Å². The Morgan fingerprint density at radius 1 is 0.407 bits per heavy atom. The molecule has 50 heteroatoms. The van der Waals surface area contributed by atoms with Crippen molar-refractivity contribution in [2.75, 3.05) is 64.9 Å². The highest BCUT2D eigenvalue weighted by Crippen LogP contribution is 2.31. The number of benzene rings is 10. The maximum Gasteiger partial charge on any atom is 0.335 e. The van der Waals surface area contributed by atoms with Crippen molar-refractivity contribution in [1.29, 1.82) is 0 Å². The predicted octanol–water partition coefficient (Wildman–Crippen LogP) is 11.3. The summed E-state index contributed by atoms with van der Waals surface area (Å²) in [7, 11) is -3.85. The van der Waals surface area contributed by atoms with Crippen LogP contribution in [0.4, 0.5) is 72.6 Å². The van der Waals surface area contributed by atoms with Crippen molar-refractivity contribution in [2.45, 2.75) is 44.0 Å². The number of carbonyl (C=O) groups excluding carboxylic acids is 2. The lowest BCUT2D eigenvalue weighted by Crippen LogP contribution is -2.26. The molecule has 145 heavy (non-hydrogen) atoms. The van der Waals surface area contributed by atoms with Crippen molar-refractivity contribution in [3.8, 4) is 28.4 Å². The zero-order valence-electron chi connectivity index (χ0n) is 76.7. The first kappa shape index (κ1) is 98.0. The van der Waals surface area contributed by atoms with Gasteiger partial charge in [-0.1, -0.05) is 98.9 Å². The van der Waals surface area contributed by atoms with E-state index in [9.17, 15) is 40.0 Å². The molecule has 0 unspecified atom stereocenters. The maximum absolute atomic E-state index is 13.6. The van der Waals surface area contributed by atoms with Gasteiger partial charge in [0.15, 0.2) is 55.8 Å². The minimum absolute atomic E-state index is 0.0256. The molecule has 10 aromatic carbocycles. The maximum atomic E-state index is 13.6. The van der Waals surface area contributed by atoms with E-state index in [-0.39, 0.29) is 53.1 Å². The van der Waals surface area contributed by atoms with E-state index in [0.29, 0.717) is 151 Å². The van der Waals surface area contributed by atoms with E-state index in [4.69, 9.17) is 30.6 Å². The van der Waals surface area contributed by atoms with Gasteiger partial charge in [0.05, 0.1) is 102 Å². The molecule has 20 aromatic rings. The van der Waals surface area contributed by atoms with Crippen LogP contribution in [0.25, 0.3) is 84.3 Å². The third kappa shape index (κ3) is 25.3. The molecule has 0 aliphatic heterocycles. The summed E-state index contributed by atoms with van der Waals surface area (Å²) in [5.41, 5.74) is 22.4. The van der Waals surface area contributed by atoms with Crippen molar-refractivity contribution in [1.82, 2.24) is 135 Å². The van der Waals surface area contributed by atoms with Gasteiger partial charge >= 0.3 is 5.97 Å². The fourth-order valence-corrected chi connectivity index (χ4v) is 15.2. The number of sulfonamides is 2. The van der Waals surface area contributed by atoms with Crippen molar-refractivity contribution < 1.29 is 59.7 Å². The second kappa shape index (κ2) is 44.7. The Morgan fingerprint density at radius 2 is 0.759 bits per heavy atom. The second-order valence-electron chi connectivity index (χ2n) is 31.8. The van der Waals surface area contributed by atoms with Gasteiger partial charge in [-0.2, -0.15) is 48.3 Å². The van der Waals surface area contributed by atoms with Gasteiger partial charge in [0.25, 0.3) is 5.91 Å². The number of aromatic nitrogens is 25. The van der Waals surface area contributed by atoms with Gasteiger partial charge in [0.1, 0.15) is 11.6 Å². The molecular formula is C95H85F2N35O11S2. The minimum atomic E-state index is -3.75. The number of rotatable bonds is 30. The SMILES string of the molecule is COCc1cccc(-n2nnc3cnc(Nc4ccc(C(=O)O)cc4)nc32)c1.COCc1cccc(-n2nnc3cnc(Nc4ccc(S(N)(=O)=O)cc4)nc32)c1.CS(=O)(=O)Nc1cccc(Nc2ncc3nnn(-c4cccc(CNC(=O)C5CC5)c4)c3n2)c1.NCc1cccc(Nc2ncc3nnn(-c4cccc(F)c4)c3n2)c1.O=C(NCCO)c1cccc(Nc2ncc3nnn(-c4cccc(F)c4)c3n2)c1. The van der Waals surface area contributed by atoms with Crippen LogP contribution in [0.15, 0.2) is 279 Å². The third-order valence-electron chi connectivity index (χ3n) is 21.0. The number of carboxylic acids is 1. The molecule has 46 nitrogen and oxygen atoms in total. The van der Waals surface area contributed by atoms with Crippen LogP contribution in [0.1, 0.15) is 55.8 Å². The van der Waals surface area contributed by atoms with Crippen LogP contribution in [-0.4, -0.2) is 203 Å². The number of aromatic carboxylic acids is 1. The Kier molecular flexibility index (Phi) is 30.2. The van der Waals surface area contributed by atoms with Crippen LogP contribution in [0, 0.1) is 17.6 Å². The lowest BCUT2D eigenvalue weighted by molar-refractivity contribution is -0.122. The lowest BCUT2D eigenvalue weighted by atomic mass is 10.2. The largest absolute Gasteiger partial charge is 0.478 e. The van der Waals surface area contributed by atoms with Gasteiger partial charge in [-0.25, -0.2) is 60.5 Å². The van der Waals surface area contributed by atoms with Gasteiger partial charge < -0.3 is 62.6 Å². The number of anilines is 11. The molecule has 2 amide bonds. The van der Waals surface area contributed by atoms with E-state index >= 15 is 0 Å². The normalized spacial score (nSPS) is 11.7. The Bertz CT molecular complexity index is 8350. The predicted molar refractivity (Wildman–Crippen MR) is 531 cm³/mol. The van der Waals surface area contributed by atoms with E-state index in [1.165, 1.54) is 64.1 Å². The molecule has 21 rings (SSSR count). The van der Waals surface area contributed by atoms with Crippen LogP contribution in [-0.2, 0) is 60.6 Å². The number of halogens is 2. The Morgan fingerprint density at radius 3 is 1.14 bits per heavy atom. The average Bonchev–Trinajstić information content (AvgIpc) is 1.67. The Balaban J connectivity index is 0.000000125. The van der Waals surface area contributed by atoms with E-state index in [0.717, 1.165) is 64.1 Å². The Labute approximate surface area is 821 Å². The van der Waals surface area contributed by atoms with Gasteiger partial charge in [-0.3, -0.25) is 14.3 Å². The quantitative estimate of drug-likeness (QED) is 0.0199. The van der Waals surface area contributed by atoms with Crippen molar-refractivity contribution in [3.05, 3.63) is 319 Å². The number of amides is 2. The zero-order chi connectivity index (χ0) is 101. The van der Waals surface area contributed by atoms with Gasteiger partial charge in [-0.15, -0.1) is 25.5 Å². The summed E-state index contributed by atoms with van der Waals surface area (Å²) >= 11 is 0. The first-order valence-electron chi connectivity index (χ1n) is 43.9. The molecule has 0 radical (unpaired) electrons. The molecule has 732 valence electrons. The summed E-state index contributed by atoms with van der Waals surface area (Å²) in [6.45, 7) is 1.91. The van der Waals surface area contributed by atoms with Gasteiger partial charge in [0, 0.05) is 73.8 Å². The summed E-state index contributed by atoms with van der Waals surface area (Å²) in [5.74, 6) is -0.134. The smallest absolute Gasteiger partial charge is 0.335 e. The number of nitrogens with zero attached hydrogens (tertiary/aromatic N) is 25. The molecule has 1 aliphatic carbocycles. The molecule has 1 aliphatic rings. The number of aliphatic hydroxyl groups excluding tert-OH is 1. The number of primary sulfonamides is 1. The summed E-state index contributed by atoms with van der Waals surface area (Å²) < 4.78 is 93.3. The number of fused-ring (bicyclic) bond motifs is 5. The van der Waals surface area contributed by atoms with Gasteiger partial charge in [-0.05, 0) is 205 Å². The number of ether oxygens (including phenoxy) is 2. The molecule has 0 saturated heterocycles. The second-order valence-corrected chi connectivity index (χ2v) is 35.2. The highest BCUT2D eigenvalue weighted by Gasteiger charge is 2.29. The van der Waals surface area contributed by atoms with Crippen molar-refractivity contribution in [3.63, 3.8) is 0 Å². The molecule has 0 atom stereocenters. The minimum Gasteiger partial charge on any atom is -0.478 e. The zero-order valence-corrected chi connectivity index (χ0v) is 78.3. The average molecular weight is 2000 g/mol. The van der Waals surface area contributed by atoms with Crippen LogP contribution < -0.4 is 52.8 Å². The molecule has 1 fully saturated rings. The molecule has 10 aromatic heterocycles. The number of carbonyl (C=O) groups is 3. The number of aliphatic hydroxyl groups is 1. The Hall–Kier alpha value is -18.6. The summed E-state index contributed by atoms with van der Waals surface area (Å²) in [4.78, 5) is 78.6. The molecule has 10 heterocycles. The molecular weight excluding hydrogens is 1910 g/mol. The van der Waals surface area contributed by atoms with E-state index in [1.54, 1.807) is 150 Å². The lowest BCUT2D eigenvalue weighted by Gasteiger charge is -2.09. The van der Waals surface area contributed by atoms with Crippen LogP contribution >= 0.6 is 0 Å². The number of nitrogens with one attached hydrogen (secondary N) is 8. The number of nitrogens with two attached hydrogens (primary N) is 2. The summed E-state index contributed by atoms with van der Waals surface area (Å²) in [6.07, 6.45) is 10.8. The van der Waals surface area contributed by atoms with E-state index in [1.807, 2.05) is 97.1 Å². The fourth-order valence-electron chi connectivity index (χ4n) is 14.1. The number of methoxy groups -OCH3 is 2. The summed E-state index contributed by atoms with van der Waals surface area (Å²) in [5, 5.41) is 84.8. The standard InChI is InChI=1S/C22H22N8O3S.C19H16FN7O2.C19H16N6O3.C18H17N7O3S.C17H14FN7/c1-34(32,33)28-17-6-3-5-16(11-17)25-22-24-13-19-20(26-22)30(29-27-19)18-7-2-4-14(10-18)12-23-21(31)15-8-9-15;20-13-4-2-6-15(10-13)27-17-16(25-26-27)11-22-19(24-17)23-14-5-1-3-12(9-14)18(29)21-7-8-28;1-28-11-12-3-2-4-15(9-12)25-17-16(23-24-25)10-20-19(22-17)21-14-7-5-13(6-8-14)18(26)27;1-28-11-12-3-2-4-14(9-12)25-17-16(23-24-25)10-20-18(22-17)21-13-5-7-15(8-6-13)29(19,26)27;18-12-4-2-6-14(8-12)25-16-15(23-24-25)10-20-17(22-16)21-13-5-1-3-11(7-13)9-19/h2-7,10-11,13,15,28H,8-9,12H2,1H3,(H,23,31)(H,24,25,26);1-6,9-11,28H,7-8H2,(H,21,29)(H,22,23,24);2-10H,11H2,1H3,(H,26,27)(H,20,21,22);2-10H,11H2,1H3,(H2,19,26,27)(H,20,21,22);1-8,10H,9,19H2,(H,20,21,22). The third-order valence-corrected chi connectivity index (χ3v) is 22.6. The number of hydrogen-bond donors (Lipinski definition) is 12. The van der Waals surface area contributed by atoms with Crippen LogP contribution in [0.3, 0.4) is 0 Å². The number of hydrogen-bond acceptors (Lipinski definition) is 36. The number of carboxylic acid groups (broad SMARTS) is 1. The van der Waals surface area contributed by atoms with E-state index in [2.05, 4.69) is 143 Å². The van der Waals surface area contributed by atoms with Crippen LogP contribution in [0.5, 0.6) is 0 Å². The van der Waals surface area contributed by atoms with Gasteiger partial charge in [0.2, 0.25) is 55.7 Å². The molecule has 14 N–H and O–H groups in total. The van der Waals surface area contributed by atoms with Crippen molar-refractivity contribution in [2.24, 2.45) is 16.8 Å². The first-order chi connectivity index (χ1) is 70.3.